The van der Waals surface area contributed by atoms with Gasteiger partial charge in [-0.1, -0.05) is 12.8 Å². The Bertz CT molecular complexity index is 821. The van der Waals surface area contributed by atoms with Crippen molar-refractivity contribution in [3.05, 3.63) is 54.0 Å². The maximum Gasteiger partial charge on any atom is 0.318 e. The van der Waals surface area contributed by atoms with Gasteiger partial charge >= 0.3 is 6.03 Å². The van der Waals surface area contributed by atoms with Crippen molar-refractivity contribution >= 4 is 11.8 Å². The van der Waals surface area contributed by atoms with Gasteiger partial charge in [0, 0.05) is 57.9 Å². The molecule has 0 spiro atoms. The molecule has 4 heterocycles. The average Bonchev–Trinajstić information content (AvgIpc) is 3.05. The van der Waals surface area contributed by atoms with Gasteiger partial charge in [-0.25, -0.2) is 9.78 Å². The minimum Gasteiger partial charge on any atom is -0.354 e. The van der Waals surface area contributed by atoms with Crippen molar-refractivity contribution in [1.82, 2.24) is 25.1 Å². The molecule has 2 saturated heterocycles. The lowest BCUT2D eigenvalue weighted by atomic mass is 10.0. The van der Waals surface area contributed by atoms with Crippen LogP contribution in [0.15, 0.2) is 42.9 Å². The van der Waals surface area contributed by atoms with Gasteiger partial charge < -0.3 is 20.0 Å². The minimum atomic E-state index is 0.0108. The fraction of sp³-hybridized carbons (Fsp3) is 0.522. The molecule has 2 aliphatic rings. The second kappa shape index (κ2) is 9.89. The predicted octanol–water partition coefficient (Wildman–Crippen LogP) is 3.06. The first-order valence-electron chi connectivity index (χ1n) is 11.0. The molecular formula is C23H32N6O. The van der Waals surface area contributed by atoms with Gasteiger partial charge in [-0.15, -0.1) is 0 Å². The van der Waals surface area contributed by atoms with Crippen LogP contribution in [0.2, 0.25) is 0 Å². The molecule has 30 heavy (non-hydrogen) atoms. The van der Waals surface area contributed by atoms with Gasteiger partial charge in [-0.2, -0.15) is 0 Å². The quantitative estimate of drug-likeness (QED) is 0.842. The van der Waals surface area contributed by atoms with Crippen LogP contribution in [0.4, 0.5) is 10.6 Å². The van der Waals surface area contributed by atoms with Crippen LogP contribution in [0, 0.1) is 0 Å². The third-order valence-electron chi connectivity index (χ3n) is 6.19. The largest absolute Gasteiger partial charge is 0.354 e. The maximum absolute atomic E-state index is 13.1. The van der Waals surface area contributed by atoms with Crippen LogP contribution in [-0.2, 0) is 6.54 Å². The zero-order chi connectivity index (χ0) is 20.8. The zero-order valence-corrected chi connectivity index (χ0v) is 17.8. The second-order valence-corrected chi connectivity index (χ2v) is 8.31. The first kappa shape index (κ1) is 20.6. The molecule has 0 aliphatic carbocycles. The van der Waals surface area contributed by atoms with Crippen LogP contribution in [0.1, 0.15) is 42.9 Å². The Morgan fingerprint density at radius 1 is 1.03 bits per heavy atom. The minimum absolute atomic E-state index is 0.0108. The van der Waals surface area contributed by atoms with Crippen LogP contribution in [0.5, 0.6) is 0 Å². The summed E-state index contributed by atoms with van der Waals surface area (Å²) in [6.07, 6.45) is 9.85. The number of aromatic nitrogens is 2. The van der Waals surface area contributed by atoms with E-state index in [0.717, 1.165) is 63.4 Å². The predicted molar refractivity (Wildman–Crippen MR) is 118 cm³/mol. The molecule has 2 aromatic rings. The van der Waals surface area contributed by atoms with Gasteiger partial charge in [0.25, 0.3) is 0 Å². The lowest BCUT2D eigenvalue weighted by Crippen LogP contribution is -2.45. The molecule has 4 rings (SSSR count). The summed E-state index contributed by atoms with van der Waals surface area (Å²) in [6.45, 7) is 5.38. The third kappa shape index (κ3) is 5.08. The number of likely N-dealkylation sites (tertiary alicyclic amines) is 1. The van der Waals surface area contributed by atoms with E-state index in [1.807, 2.05) is 41.7 Å². The van der Waals surface area contributed by atoms with Crippen molar-refractivity contribution in [2.45, 2.75) is 38.3 Å². The molecule has 1 unspecified atom stereocenters. The summed E-state index contributed by atoms with van der Waals surface area (Å²) in [5, 5.41) is 3.15. The van der Waals surface area contributed by atoms with Crippen molar-refractivity contribution in [2.24, 2.45) is 0 Å². The Labute approximate surface area is 179 Å². The molecule has 2 fully saturated rings. The van der Waals surface area contributed by atoms with Crippen LogP contribution in [-0.4, -0.2) is 65.6 Å². The Morgan fingerprint density at radius 2 is 1.83 bits per heavy atom. The van der Waals surface area contributed by atoms with Crippen molar-refractivity contribution in [2.75, 3.05) is 44.7 Å². The van der Waals surface area contributed by atoms with Gasteiger partial charge in [-0.05, 0) is 55.3 Å². The summed E-state index contributed by atoms with van der Waals surface area (Å²) in [6, 6.07) is 8.28. The van der Waals surface area contributed by atoms with E-state index in [4.69, 9.17) is 0 Å². The SMILES string of the molecule is CN1CCN(c2cc(CNC(=O)N3CCCCCC3c3ccncc3)ccn2)CC1. The molecule has 7 nitrogen and oxygen atoms in total. The number of amides is 2. The van der Waals surface area contributed by atoms with Gasteiger partial charge in [0.1, 0.15) is 5.82 Å². The van der Waals surface area contributed by atoms with E-state index >= 15 is 0 Å². The van der Waals surface area contributed by atoms with Gasteiger partial charge in [0.2, 0.25) is 0 Å². The van der Waals surface area contributed by atoms with Crippen molar-refractivity contribution in [3.8, 4) is 0 Å². The van der Waals surface area contributed by atoms with E-state index in [0.29, 0.717) is 6.54 Å². The number of anilines is 1. The number of rotatable bonds is 4. The van der Waals surface area contributed by atoms with Gasteiger partial charge in [0.15, 0.2) is 0 Å². The maximum atomic E-state index is 13.1. The van der Waals surface area contributed by atoms with E-state index in [9.17, 15) is 4.79 Å². The number of likely N-dealkylation sites (N-methyl/N-ethyl adjacent to an activating group) is 1. The molecule has 2 aromatic heterocycles. The van der Waals surface area contributed by atoms with E-state index < -0.39 is 0 Å². The van der Waals surface area contributed by atoms with Crippen LogP contribution in [0.25, 0.3) is 0 Å². The normalized spacial score (nSPS) is 20.6. The number of carbonyl (C=O) groups excluding carboxylic acids is 1. The Morgan fingerprint density at radius 3 is 2.63 bits per heavy atom. The lowest BCUT2D eigenvalue weighted by Gasteiger charge is -2.33. The molecule has 0 aromatic carbocycles. The second-order valence-electron chi connectivity index (χ2n) is 8.31. The smallest absolute Gasteiger partial charge is 0.318 e. The number of piperazine rings is 1. The highest BCUT2D eigenvalue weighted by Crippen LogP contribution is 2.29. The number of hydrogen-bond donors (Lipinski definition) is 1. The summed E-state index contributed by atoms with van der Waals surface area (Å²) in [7, 11) is 2.15. The molecule has 1 N–H and O–H groups in total. The molecule has 2 amide bonds. The highest BCUT2D eigenvalue weighted by Gasteiger charge is 2.26. The number of nitrogens with one attached hydrogen (secondary N) is 1. The molecule has 0 bridgehead atoms. The van der Waals surface area contributed by atoms with E-state index in [1.54, 1.807) is 0 Å². The molecule has 0 saturated carbocycles. The van der Waals surface area contributed by atoms with Crippen LogP contribution in [0.3, 0.4) is 0 Å². The summed E-state index contributed by atoms with van der Waals surface area (Å²) in [5.41, 5.74) is 2.26. The van der Waals surface area contributed by atoms with Crippen LogP contribution >= 0.6 is 0 Å². The molecule has 0 radical (unpaired) electrons. The molecule has 2 aliphatic heterocycles. The van der Waals surface area contributed by atoms with Crippen LogP contribution < -0.4 is 10.2 Å². The number of pyridine rings is 2. The topological polar surface area (TPSA) is 64.6 Å². The van der Waals surface area contributed by atoms with Crippen molar-refractivity contribution in [1.29, 1.82) is 0 Å². The van der Waals surface area contributed by atoms with E-state index in [1.165, 1.54) is 12.0 Å². The summed E-state index contributed by atoms with van der Waals surface area (Å²) in [5.74, 6) is 0.999. The average molecular weight is 409 g/mol. The van der Waals surface area contributed by atoms with Gasteiger partial charge in [0.05, 0.1) is 6.04 Å². The van der Waals surface area contributed by atoms with E-state index in [2.05, 4.69) is 38.2 Å². The molecule has 160 valence electrons. The molecule has 7 heteroatoms. The summed E-state index contributed by atoms with van der Waals surface area (Å²) in [4.78, 5) is 28.4. The zero-order valence-electron chi connectivity index (χ0n) is 17.8. The first-order valence-corrected chi connectivity index (χ1v) is 11.0. The highest BCUT2D eigenvalue weighted by molar-refractivity contribution is 5.74. The Balaban J connectivity index is 1.40. The molecular weight excluding hydrogens is 376 g/mol. The van der Waals surface area contributed by atoms with Gasteiger partial charge in [-0.3, -0.25) is 4.98 Å². The fourth-order valence-electron chi connectivity index (χ4n) is 4.34. The Kier molecular flexibility index (Phi) is 6.79. The number of urea groups is 1. The third-order valence-corrected chi connectivity index (χ3v) is 6.19. The number of nitrogens with zero attached hydrogens (tertiary/aromatic N) is 5. The standard InChI is InChI=1S/C23H32N6O/c1-27-13-15-28(16-14-27)22-17-19(6-11-25-22)18-26-23(30)29-12-4-2-3-5-21(29)20-7-9-24-10-8-20/h6-11,17,21H,2-5,12-16,18H2,1H3,(H,26,30). The van der Waals surface area contributed by atoms with E-state index in [-0.39, 0.29) is 12.1 Å². The lowest BCUT2D eigenvalue weighted by molar-refractivity contribution is 0.175. The highest BCUT2D eigenvalue weighted by atomic mass is 16.2. The number of hydrogen-bond acceptors (Lipinski definition) is 5. The number of carbonyl (C=O) groups is 1. The summed E-state index contributed by atoms with van der Waals surface area (Å²) < 4.78 is 0. The fourth-order valence-corrected chi connectivity index (χ4v) is 4.34. The monoisotopic (exact) mass is 408 g/mol. The Hall–Kier alpha value is -2.67. The summed E-state index contributed by atoms with van der Waals surface area (Å²) >= 11 is 0. The van der Waals surface area contributed by atoms with Crippen molar-refractivity contribution in [3.63, 3.8) is 0 Å². The first-order chi connectivity index (χ1) is 14.7. The molecule has 1 atom stereocenters. The van der Waals surface area contributed by atoms with Crippen molar-refractivity contribution < 1.29 is 4.79 Å².